The average molecular weight is 317 g/mol. The van der Waals surface area contributed by atoms with Gasteiger partial charge in [-0.25, -0.2) is 4.98 Å². The van der Waals surface area contributed by atoms with Crippen molar-refractivity contribution in [3.8, 4) is 21.8 Å². The van der Waals surface area contributed by atoms with Gasteiger partial charge in [-0.2, -0.15) is 0 Å². The van der Waals surface area contributed by atoms with Crippen LogP contribution in [0.4, 0.5) is 5.69 Å². The van der Waals surface area contributed by atoms with Crippen LogP contribution in [-0.4, -0.2) is 9.91 Å². The Labute approximate surface area is 129 Å². The van der Waals surface area contributed by atoms with Crippen LogP contribution in [0.2, 0.25) is 5.02 Å². The van der Waals surface area contributed by atoms with Gasteiger partial charge in [-0.1, -0.05) is 41.9 Å². The molecule has 2 aromatic carbocycles. The molecule has 0 atom stereocenters. The van der Waals surface area contributed by atoms with E-state index in [9.17, 15) is 10.1 Å². The molecule has 0 saturated carbocycles. The minimum absolute atomic E-state index is 0.0257. The Morgan fingerprint density at radius 3 is 2.57 bits per heavy atom. The molecule has 0 saturated heterocycles. The number of thiazole rings is 1. The van der Waals surface area contributed by atoms with Gasteiger partial charge in [0.1, 0.15) is 5.01 Å². The van der Waals surface area contributed by atoms with Crippen LogP contribution < -0.4 is 0 Å². The second-order valence-electron chi connectivity index (χ2n) is 4.33. The molecule has 21 heavy (non-hydrogen) atoms. The van der Waals surface area contributed by atoms with Crippen LogP contribution in [0.15, 0.2) is 53.9 Å². The fourth-order valence-corrected chi connectivity index (χ4v) is 3.03. The summed E-state index contributed by atoms with van der Waals surface area (Å²) in [6.07, 6.45) is 0. The summed E-state index contributed by atoms with van der Waals surface area (Å²) in [6, 6.07) is 14.2. The highest BCUT2D eigenvalue weighted by molar-refractivity contribution is 7.13. The lowest BCUT2D eigenvalue weighted by Gasteiger charge is -2.00. The Kier molecular flexibility index (Phi) is 3.68. The van der Waals surface area contributed by atoms with E-state index in [1.165, 1.54) is 23.5 Å². The van der Waals surface area contributed by atoms with Crippen molar-refractivity contribution in [2.45, 2.75) is 0 Å². The second-order valence-corrected chi connectivity index (χ2v) is 5.59. The van der Waals surface area contributed by atoms with E-state index in [0.717, 1.165) is 16.3 Å². The first-order valence-electron chi connectivity index (χ1n) is 6.10. The molecule has 0 radical (unpaired) electrons. The summed E-state index contributed by atoms with van der Waals surface area (Å²) >= 11 is 7.64. The molecular weight excluding hydrogens is 308 g/mol. The maximum Gasteiger partial charge on any atom is 0.270 e. The smallest absolute Gasteiger partial charge is 0.258 e. The van der Waals surface area contributed by atoms with E-state index in [-0.39, 0.29) is 5.69 Å². The van der Waals surface area contributed by atoms with E-state index in [0.29, 0.717) is 10.6 Å². The fraction of sp³-hybridized carbons (Fsp3) is 0. The van der Waals surface area contributed by atoms with Gasteiger partial charge in [-0.15, -0.1) is 11.3 Å². The van der Waals surface area contributed by atoms with Gasteiger partial charge in [0, 0.05) is 28.6 Å². The second kappa shape index (κ2) is 5.63. The maximum absolute atomic E-state index is 10.7. The highest BCUT2D eigenvalue weighted by atomic mass is 35.5. The van der Waals surface area contributed by atoms with Crippen molar-refractivity contribution in [2.75, 3.05) is 0 Å². The Balaban J connectivity index is 1.99. The van der Waals surface area contributed by atoms with Gasteiger partial charge < -0.3 is 0 Å². The number of nitro benzene ring substituents is 1. The molecule has 104 valence electrons. The van der Waals surface area contributed by atoms with Crippen LogP contribution in [0, 0.1) is 10.1 Å². The van der Waals surface area contributed by atoms with Crippen LogP contribution in [-0.2, 0) is 0 Å². The summed E-state index contributed by atoms with van der Waals surface area (Å²) in [6.45, 7) is 0. The number of benzene rings is 2. The summed E-state index contributed by atoms with van der Waals surface area (Å²) in [5.74, 6) is 0. The average Bonchev–Trinajstić information content (AvgIpc) is 2.97. The predicted octanol–water partition coefficient (Wildman–Crippen LogP) is 5.04. The number of nitro groups is 1. The molecule has 0 aliphatic carbocycles. The molecule has 4 nitrogen and oxygen atoms in total. The van der Waals surface area contributed by atoms with Gasteiger partial charge in [-0.3, -0.25) is 10.1 Å². The Hall–Kier alpha value is -2.24. The molecule has 0 spiro atoms. The van der Waals surface area contributed by atoms with Crippen molar-refractivity contribution < 1.29 is 4.92 Å². The van der Waals surface area contributed by atoms with E-state index >= 15 is 0 Å². The summed E-state index contributed by atoms with van der Waals surface area (Å²) < 4.78 is 0. The third-order valence-corrected chi connectivity index (χ3v) is 4.17. The van der Waals surface area contributed by atoms with Crippen LogP contribution >= 0.6 is 22.9 Å². The molecule has 0 amide bonds. The van der Waals surface area contributed by atoms with Crippen molar-refractivity contribution in [1.82, 2.24) is 4.98 Å². The monoisotopic (exact) mass is 316 g/mol. The van der Waals surface area contributed by atoms with Crippen LogP contribution in [0.1, 0.15) is 0 Å². The molecule has 3 aromatic rings. The Bertz CT molecular complexity index is 802. The molecule has 0 unspecified atom stereocenters. The summed E-state index contributed by atoms with van der Waals surface area (Å²) in [7, 11) is 0. The molecule has 6 heteroatoms. The number of nitrogens with zero attached hydrogens (tertiary/aromatic N) is 2. The number of non-ortho nitro benzene ring substituents is 1. The molecule has 0 fully saturated rings. The van der Waals surface area contributed by atoms with Gasteiger partial charge in [0.05, 0.1) is 15.6 Å². The zero-order chi connectivity index (χ0) is 14.8. The quantitative estimate of drug-likeness (QED) is 0.502. The zero-order valence-corrected chi connectivity index (χ0v) is 12.3. The molecule has 1 aromatic heterocycles. The van der Waals surface area contributed by atoms with Gasteiger partial charge in [-0.05, 0) is 6.07 Å². The van der Waals surface area contributed by atoms with Gasteiger partial charge >= 0.3 is 0 Å². The van der Waals surface area contributed by atoms with Crippen molar-refractivity contribution >= 4 is 28.6 Å². The first kappa shape index (κ1) is 13.7. The maximum atomic E-state index is 10.7. The summed E-state index contributed by atoms with van der Waals surface area (Å²) in [4.78, 5) is 14.8. The number of hydrogen-bond donors (Lipinski definition) is 0. The third kappa shape index (κ3) is 2.79. The molecule has 0 aliphatic rings. The van der Waals surface area contributed by atoms with E-state index in [2.05, 4.69) is 4.98 Å². The van der Waals surface area contributed by atoms with Crippen molar-refractivity contribution in [1.29, 1.82) is 0 Å². The van der Waals surface area contributed by atoms with Gasteiger partial charge in [0.2, 0.25) is 0 Å². The van der Waals surface area contributed by atoms with E-state index in [4.69, 9.17) is 11.6 Å². The summed E-state index contributed by atoms with van der Waals surface area (Å²) in [5.41, 5.74) is 2.42. The highest BCUT2D eigenvalue weighted by Crippen LogP contribution is 2.34. The van der Waals surface area contributed by atoms with E-state index in [1.807, 2.05) is 35.7 Å². The normalized spacial score (nSPS) is 10.5. The predicted molar refractivity (Wildman–Crippen MR) is 84.7 cm³/mol. The third-order valence-electron chi connectivity index (χ3n) is 2.96. The number of hydrogen-bond acceptors (Lipinski definition) is 4. The lowest BCUT2D eigenvalue weighted by molar-refractivity contribution is -0.384. The van der Waals surface area contributed by atoms with Crippen LogP contribution in [0.5, 0.6) is 0 Å². The van der Waals surface area contributed by atoms with E-state index in [1.54, 1.807) is 6.07 Å². The lowest BCUT2D eigenvalue weighted by Crippen LogP contribution is -1.88. The van der Waals surface area contributed by atoms with Crippen molar-refractivity contribution in [3.63, 3.8) is 0 Å². The largest absolute Gasteiger partial charge is 0.270 e. The first-order chi connectivity index (χ1) is 10.1. The molecule has 0 N–H and O–H groups in total. The molecular formula is C15H9ClN2O2S. The first-order valence-corrected chi connectivity index (χ1v) is 7.36. The lowest BCUT2D eigenvalue weighted by atomic mass is 10.1. The molecule has 0 bridgehead atoms. The minimum atomic E-state index is -0.466. The van der Waals surface area contributed by atoms with Crippen molar-refractivity contribution in [2.24, 2.45) is 0 Å². The SMILES string of the molecule is O=[N+]([O-])c1ccc(-c2csc(-c3ccccc3)n2)c(Cl)c1. The summed E-state index contributed by atoms with van der Waals surface area (Å²) in [5, 5.41) is 13.8. The topological polar surface area (TPSA) is 56.0 Å². The van der Waals surface area contributed by atoms with Crippen LogP contribution in [0.3, 0.4) is 0 Å². The molecule has 3 rings (SSSR count). The fourth-order valence-electron chi connectivity index (χ4n) is 1.94. The Morgan fingerprint density at radius 2 is 1.90 bits per heavy atom. The standard InChI is InChI=1S/C15H9ClN2O2S/c16-13-8-11(18(19)20)6-7-12(13)14-9-21-15(17-14)10-4-2-1-3-5-10/h1-9H. The Morgan fingerprint density at radius 1 is 1.14 bits per heavy atom. The number of halogens is 1. The van der Waals surface area contributed by atoms with Crippen LogP contribution in [0.25, 0.3) is 21.8 Å². The van der Waals surface area contributed by atoms with Gasteiger partial charge in [0.15, 0.2) is 0 Å². The number of rotatable bonds is 3. The van der Waals surface area contributed by atoms with Crippen molar-refractivity contribution in [3.05, 3.63) is 69.0 Å². The van der Waals surface area contributed by atoms with Gasteiger partial charge in [0.25, 0.3) is 5.69 Å². The molecule has 0 aliphatic heterocycles. The molecule has 1 heterocycles. The zero-order valence-electron chi connectivity index (χ0n) is 10.7. The highest BCUT2D eigenvalue weighted by Gasteiger charge is 2.13. The minimum Gasteiger partial charge on any atom is -0.258 e. The van der Waals surface area contributed by atoms with E-state index < -0.39 is 4.92 Å². The number of aromatic nitrogens is 1.